The number of amides is 1. The third-order valence-electron chi connectivity index (χ3n) is 2.48. The Labute approximate surface area is 92.4 Å². The number of nitrogens with one attached hydrogen (secondary N) is 2. The Bertz CT molecular complexity index is 189. The Morgan fingerprint density at radius 2 is 2.07 bits per heavy atom. The third-order valence-corrected chi connectivity index (χ3v) is 2.48. The highest BCUT2D eigenvalue weighted by molar-refractivity contribution is 5.76. The summed E-state index contributed by atoms with van der Waals surface area (Å²) in [5.41, 5.74) is -0.266. The highest BCUT2D eigenvalue weighted by Crippen LogP contribution is 2.06. The van der Waals surface area contributed by atoms with E-state index in [1.807, 2.05) is 27.7 Å². The number of aliphatic hydroxyl groups is 1. The van der Waals surface area contributed by atoms with Gasteiger partial charge in [0.25, 0.3) is 0 Å². The fourth-order valence-electron chi connectivity index (χ4n) is 1.16. The minimum absolute atomic E-state index is 0.0499. The van der Waals surface area contributed by atoms with Gasteiger partial charge in [-0.05, 0) is 27.2 Å². The minimum atomic E-state index is -0.266. The molecule has 0 aromatic carbocycles. The van der Waals surface area contributed by atoms with Crippen LogP contribution in [0.1, 0.15) is 40.5 Å². The third kappa shape index (κ3) is 6.47. The Balaban J connectivity index is 3.73. The summed E-state index contributed by atoms with van der Waals surface area (Å²) in [4.78, 5) is 11.3. The predicted octanol–water partition coefficient (Wildman–Crippen LogP) is 0.652. The molecule has 0 aromatic heterocycles. The van der Waals surface area contributed by atoms with Gasteiger partial charge in [0.15, 0.2) is 0 Å². The molecule has 1 amide bonds. The van der Waals surface area contributed by atoms with Crippen LogP contribution in [0.2, 0.25) is 0 Å². The molecule has 0 rings (SSSR count). The summed E-state index contributed by atoms with van der Waals surface area (Å²) in [5.74, 6) is 0.0499. The van der Waals surface area contributed by atoms with Gasteiger partial charge in [-0.1, -0.05) is 6.92 Å². The molecular formula is C11H24N2O2. The van der Waals surface area contributed by atoms with E-state index in [1.165, 1.54) is 0 Å². The Hall–Kier alpha value is -0.610. The van der Waals surface area contributed by atoms with E-state index in [2.05, 4.69) is 10.6 Å². The molecule has 0 aliphatic rings. The molecule has 0 saturated heterocycles. The first-order valence-electron chi connectivity index (χ1n) is 5.59. The molecule has 0 heterocycles. The molecular weight excluding hydrogens is 192 g/mol. The number of hydrogen-bond acceptors (Lipinski definition) is 3. The monoisotopic (exact) mass is 216 g/mol. The van der Waals surface area contributed by atoms with Gasteiger partial charge < -0.3 is 15.7 Å². The van der Waals surface area contributed by atoms with Crippen molar-refractivity contribution >= 4 is 5.91 Å². The second kappa shape index (κ2) is 6.80. The van der Waals surface area contributed by atoms with Crippen molar-refractivity contribution in [1.82, 2.24) is 10.6 Å². The molecule has 0 radical (unpaired) electrons. The molecule has 0 fully saturated rings. The Morgan fingerprint density at radius 1 is 1.47 bits per heavy atom. The number of rotatable bonds is 7. The molecule has 1 unspecified atom stereocenters. The van der Waals surface area contributed by atoms with Crippen molar-refractivity contribution in [3.63, 3.8) is 0 Å². The van der Waals surface area contributed by atoms with E-state index in [1.54, 1.807) is 0 Å². The zero-order valence-electron chi connectivity index (χ0n) is 10.3. The Morgan fingerprint density at radius 3 is 2.47 bits per heavy atom. The minimum Gasteiger partial charge on any atom is -0.394 e. The van der Waals surface area contributed by atoms with E-state index in [-0.39, 0.29) is 24.1 Å². The van der Waals surface area contributed by atoms with Crippen molar-refractivity contribution in [3.05, 3.63) is 0 Å². The van der Waals surface area contributed by atoms with E-state index in [0.717, 1.165) is 6.42 Å². The van der Waals surface area contributed by atoms with Crippen LogP contribution in [0, 0.1) is 0 Å². The highest BCUT2D eigenvalue weighted by Gasteiger charge is 2.19. The van der Waals surface area contributed by atoms with Crippen LogP contribution in [0.4, 0.5) is 0 Å². The van der Waals surface area contributed by atoms with Crippen molar-refractivity contribution in [3.8, 4) is 0 Å². The first kappa shape index (κ1) is 14.4. The molecule has 0 aliphatic carbocycles. The van der Waals surface area contributed by atoms with Crippen LogP contribution in [0.15, 0.2) is 0 Å². The number of carbonyl (C=O) groups excluding carboxylic acids is 1. The lowest BCUT2D eigenvalue weighted by Gasteiger charge is -2.27. The molecule has 0 aliphatic heterocycles. The van der Waals surface area contributed by atoms with E-state index < -0.39 is 0 Å². The summed E-state index contributed by atoms with van der Waals surface area (Å²) >= 11 is 0. The number of carbonyl (C=O) groups is 1. The lowest BCUT2D eigenvalue weighted by molar-refractivity contribution is -0.121. The molecule has 90 valence electrons. The van der Waals surface area contributed by atoms with Gasteiger partial charge >= 0.3 is 0 Å². The van der Waals surface area contributed by atoms with Crippen LogP contribution in [-0.2, 0) is 4.79 Å². The van der Waals surface area contributed by atoms with E-state index in [0.29, 0.717) is 13.0 Å². The molecule has 15 heavy (non-hydrogen) atoms. The summed E-state index contributed by atoms with van der Waals surface area (Å²) in [7, 11) is 0. The molecule has 0 spiro atoms. The molecule has 1 atom stereocenters. The summed E-state index contributed by atoms with van der Waals surface area (Å²) in [5, 5.41) is 15.1. The van der Waals surface area contributed by atoms with Gasteiger partial charge in [-0.2, -0.15) is 0 Å². The number of hydrogen-bond donors (Lipinski definition) is 3. The maximum absolute atomic E-state index is 11.3. The summed E-state index contributed by atoms with van der Waals surface area (Å²) in [6, 6.07) is 0.188. The van der Waals surface area contributed by atoms with Crippen LogP contribution in [0.5, 0.6) is 0 Å². The maximum Gasteiger partial charge on any atom is 0.221 e. The largest absolute Gasteiger partial charge is 0.394 e. The summed E-state index contributed by atoms with van der Waals surface area (Å²) in [6.45, 7) is 8.54. The maximum atomic E-state index is 11.3. The van der Waals surface area contributed by atoms with Crippen LogP contribution in [0.3, 0.4) is 0 Å². The van der Waals surface area contributed by atoms with E-state index >= 15 is 0 Å². The normalized spacial score (nSPS) is 15.1. The van der Waals surface area contributed by atoms with Gasteiger partial charge in [-0.25, -0.2) is 0 Å². The second-order valence-corrected chi connectivity index (χ2v) is 4.47. The van der Waals surface area contributed by atoms with Crippen LogP contribution < -0.4 is 10.6 Å². The zero-order chi connectivity index (χ0) is 11.9. The molecule has 4 heteroatoms. The van der Waals surface area contributed by atoms with Crippen molar-refractivity contribution < 1.29 is 9.90 Å². The molecule has 4 nitrogen and oxygen atoms in total. The molecule has 3 N–H and O–H groups in total. The lowest BCUT2D eigenvalue weighted by atomic mass is 10.0. The average molecular weight is 216 g/mol. The molecule has 0 aromatic rings. The standard InChI is InChI=1S/C11H24N2O2/c1-5-11(4,8-14)12-7-6-10(15)13-9(2)3/h9,12,14H,5-8H2,1-4H3,(H,13,15). The summed E-state index contributed by atoms with van der Waals surface area (Å²) < 4.78 is 0. The smallest absolute Gasteiger partial charge is 0.221 e. The highest BCUT2D eigenvalue weighted by atomic mass is 16.3. The van der Waals surface area contributed by atoms with Gasteiger partial charge in [0.2, 0.25) is 5.91 Å². The Kier molecular flexibility index (Phi) is 6.52. The van der Waals surface area contributed by atoms with Crippen molar-refractivity contribution in [2.45, 2.75) is 52.1 Å². The SMILES string of the molecule is CCC(C)(CO)NCCC(=O)NC(C)C. The quantitative estimate of drug-likeness (QED) is 0.585. The lowest BCUT2D eigenvalue weighted by Crippen LogP contribution is -2.46. The second-order valence-electron chi connectivity index (χ2n) is 4.47. The van der Waals surface area contributed by atoms with Crippen LogP contribution in [0.25, 0.3) is 0 Å². The topological polar surface area (TPSA) is 61.4 Å². The average Bonchev–Trinajstić information content (AvgIpc) is 2.16. The molecule has 0 saturated carbocycles. The van der Waals surface area contributed by atoms with Gasteiger partial charge in [0.1, 0.15) is 0 Å². The van der Waals surface area contributed by atoms with Crippen molar-refractivity contribution in [1.29, 1.82) is 0 Å². The van der Waals surface area contributed by atoms with E-state index in [4.69, 9.17) is 5.11 Å². The van der Waals surface area contributed by atoms with Gasteiger partial charge in [0.05, 0.1) is 6.61 Å². The molecule has 0 bridgehead atoms. The summed E-state index contributed by atoms with van der Waals surface area (Å²) in [6.07, 6.45) is 1.29. The van der Waals surface area contributed by atoms with Gasteiger partial charge in [0, 0.05) is 24.5 Å². The van der Waals surface area contributed by atoms with Crippen molar-refractivity contribution in [2.75, 3.05) is 13.2 Å². The van der Waals surface area contributed by atoms with Crippen LogP contribution in [-0.4, -0.2) is 35.7 Å². The van der Waals surface area contributed by atoms with E-state index in [9.17, 15) is 4.79 Å². The number of aliphatic hydroxyl groups excluding tert-OH is 1. The van der Waals surface area contributed by atoms with Gasteiger partial charge in [-0.15, -0.1) is 0 Å². The fraction of sp³-hybridized carbons (Fsp3) is 0.909. The zero-order valence-corrected chi connectivity index (χ0v) is 10.3. The predicted molar refractivity (Wildman–Crippen MR) is 61.7 cm³/mol. The van der Waals surface area contributed by atoms with Crippen molar-refractivity contribution in [2.24, 2.45) is 0 Å². The van der Waals surface area contributed by atoms with Crippen LogP contribution >= 0.6 is 0 Å². The fourth-order valence-corrected chi connectivity index (χ4v) is 1.16. The van der Waals surface area contributed by atoms with Gasteiger partial charge in [-0.3, -0.25) is 4.79 Å². The first-order valence-corrected chi connectivity index (χ1v) is 5.59. The first-order chi connectivity index (χ1) is 6.93.